The highest BCUT2D eigenvalue weighted by molar-refractivity contribution is 14.0. The molecule has 5 nitrogen and oxygen atoms in total. The van der Waals surface area contributed by atoms with Gasteiger partial charge in [-0.05, 0) is 44.4 Å². The number of aryl methyl sites for hydroxylation is 1. The van der Waals surface area contributed by atoms with E-state index in [4.69, 9.17) is 16.3 Å². The lowest BCUT2D eigenvalue weighted by atomic mass is 10.1. The van der Waals surface area contributed by atoms with Crippen molar-refractivity contribution in [1.82, 2.24) is 15.5 Å². The third-order valence-electron chi connectivity index (χ3n) is 4.22. The summed E-state index contributed by atoms with van der Waals surface area (Å²) in [7, 11) is 0. The first-order valence-electron chi connectivity index (χ1n) is 9.35. The molecule has 26 heavy (non-hydrogen) atoms. The van der Waals surface area contributed by atoms with Crippen LogP contribution in [-0.2, 0) is 11.2 Å². The molecule has 2 rings (SSSR count). The molecular weight excluding hydrogens is 463 g/mol. The van der Waals surface area contributed by atoms with Crippen molar-refractivity contribution >= 4 is 41.5 Å². The van der Waals surface area contributed by atoms with Crippen molar-refractivity contribution in [1.29, 1.82) is 0 Å². The zero-order valence-corrected chi connectivity index (χ0v) is 18.8. The number of nitrogens with zero attached hydrogens (tertiary/aromatic N) is 2. The minimum absolute atomic E-state index is 0. The molecule has 2 N–H and O–H groups in total. The minimum atomic E-state index is 0. The lowest BCUT2D eigenvalue weighted by Crippen LogP contribution is -2.40. The summed E-state index contributed by atoms with van der Waals surface area (Å²) in [6, 6.07) is 8.03. The van der Waals surface area contributed by atoms with Crippen LogP contribution in [-0.4, -0.2) is 63.3 Å². The van der Waals surface area contributed by atoms with Gasteiger partial charge in [0, 0.05) is 37.7 Å². The van der Waals surface area contributed by atoms with E-state index < -0.39 is 0 Å². The van der Waals surface area contributed by atoms with E-state index >= 15 is 0 Å². The number of nitrogens with one attached hydrogen (secondary N) is 2. The highest BCUT2D eigenvalue weighted by Gasteiger charge is 2.09. The van der Waals surface area contributed by atoms with Gasteiger partial charge in [-0.3, -0.25) is 9.89 Å². The van der Waals surface area contributed by atoms with E-state index in [-0.39, 0.29) is 24.0 Å². The molecule has 1 aliphatic heterocycles. The summed E-state index contributed by atoms with van der Waals surface area (Å²) in [5.41, 5.74) is 1.20. The van der Waals surface area contributed by atoms with Crippen molar-refractivity contribution in [2.75, 3.05) is 52.5 Å². The number of hydrogen-bond acceptors (Lipinski definition) is 3. The van der Waals surface area contributed by atoms with Gasteiger partial charge in [-0.15, -0.1) is 24.0 Å². The Kier molecular flexibility index (Phi) is 13.1. The first kappa shape index (κ1) is 23.5. The molecule has 0 atom stereocenters. The standard InChI is InChI=1S/C19H31ClN4O.HI/c1-2-21-19(23-11-6-12-24-13-15-25-16-14-24)22-10-5-8-17-7-3-4-9-18(17)20;/h3-4,7,9H,2,5-6,8,10-16H2,1H3,(H2,21,22,23);1H. The highest BCUT2D eigenvalue weighted by atomic mass is 127. The van der Waals surface area contributed by atoms with Crippen LogP contribution in [0.25, 0.3) is 0 Å². The maximum absolute atomic E-state index is 6.19. The predicted molar refractivity (Wildman–Crippen MR) is 121 cm³/mol. The average molecular weight is 495 g/mol. The molecule has 1 aliphatic rings. The zero-order valence-electron chi connectivity index (χ0n) is 15.7. The number of hydrogen-bond donors (Lipinski definition) is 2. The van der Waals surface area contributed by atoms with Gasteiger partial charge in [-0.2, -0.15) is 0 Å². The van der Waals surface area contributed by atoms with Gasteiger partial charge < -0.3 is 15.4 Å². The Morgan fingerprint density at radius 2 is 1.96 bits per heavy atom. The van der Waals surface area contributed by atoms with Crippen molar-refractivity contribution in [2.24, 2.45) is 4.99 Å². The zero-order chi connectivity index (χ0) is 17.7. The molecule has 0 aromatic heterocycles. The fourth-order valence-corrected chi connectivity index (χ4v) is 3.07. The molecule has 0 aliphatic carbocycles. The van der Waals surface area contributed by atoms with Gasteiger partial charge in [-0.25, -0.2) is 0 Å². The lowest BCUT2D eigenvalue weighted by Gasteiger charge is -2.26. The van der Waals surface area contributed by atoms with Gasteiger partial charge in [0.05, 0.1) is 13.2 Å². The molecule has 1 heterocycles. The van der Waals surface area contributed by atoms with E-state index in [1.807, 2.05) is 18.2 Å². The summed E-state index contributed by atoms with van der Waals surface area (Å²) < 4.78 is 5.38. The van der Waals surface area contributed by atoms with Gasteiger partial charge >= 0.3 is 0 Å². The first-order chi connectivity index (χ1) is 12.3. The van der Waals surface area contributed by atoms with Crippen molar-refractivity contribution in [3.63, 3.8) is 0 Å². The van der Waals surface area contributed by atoms with Gasteiger partial charge in [-0.1, -0.05) is 29.8 Å². The molecular formula is C19H32ClIN4O. The van der Waals surface area contributed by atoms with Gasteiger partial charge in [0.2, 0.25) is 0 Å². The summed E-state index contributed by atoms with van der Waals surface area (Å²) in [5.74, 6) is 0.906. The lowest BCUT2D eigenvalue weighted by molar-refractivity contribution is 0.0376. The van der Waals surface area contributed by atoms with Gasteiger partial charge in [0.1, 0.15) is 0 Å². The fourth-order valence-electron chi connectivity index (χ4n) is 2.84. The Labute approximate surface area is 179 Å². The maximum atomic E-state index is 6.19. The van der Waals surface area contributed by atoms with Crippen molar-refractivity contribution < 1.29 is 4.74 Å². The normalized spacial score (nSPS) is 15.4. The van der Waals surface area contributed by atoms with Crippen molar-refractivity contribution in [2.45, 2.75) is 26.2 Å². The molecule has 0 spiro atoms. The molecule has 1 fully saturated rings. The van der Waals surface area contributed by atoms with Crippen LogP contribution in [0.3, 0.4) is 0 Å². The van der Waals surface area contributed by atoms with Crippen LogP contribution in [0.5, 0.6) is 0 Å². The summed E-state index contributed by atoms with van der Waals surface area (Å²) in [6.45, 7) is 9.65. The van der Waals surface area contributed by atoms with E-state index in [9.17, 15) is 0 Å². The third-order valence-corrected chi connectivity index (χ3v) is 4.59. The summed E-state index contributed by atoms with van der Waals surface area (Å²) in [6.07, 6.45) is 3.07. The number of ether oxygens (including phenoxy) is 1. The van der Waals surface area contributed by atoms with Crippen molar-refractivity contribution in [3.8, 4) is 0 Å². The Hall–Kier alpha value is -0.570. The number of rotatable bonds is 9. The average Bonchev–Trinajstić information content (AvgIpc) is 2.64. The van der Waals surface area contributed by atoms with Crippen LogP contribution < -0.4 is 10.6 Å². The molecule has 0 unspecified atom stereocenters. The second-order valence-corrected chi connectivity index (χ2v) is 6.60. The second-order valence-electron chi connectivity index (χ2n) is 6.19. The number of guanidine groups is 1. The molecule has 0 radical (unpaired) electrons. The van der Waals surface area contributed by atoms with E-state index in [2.05, 4.69) is 33.5 Å². The minimum Gasteiger partial charge on any atom is -0.379 e. The van der Waals surface area contributed by atoms with Crippen LogP contribution in [0.15, 0.2) is 29.3 Å². The van der Waals surface area contributed by atoms with E-state index in [0.717, 1.165) is 82.7 Å². The second kappa shape index (κ2) is 14.5. The molecule has 0 saturated carbocycles. The smallest absolute Gasteiger partial charge is 0.191 e. The van der Waals surface area contributed by atoms with E-state index in [1.54, 1.807) is 0 Å². The highest BCUT2D eigenvalue weighted by Crippen LogP contribution is 2.16. The molecule has 1 aromatic rings. The number of halogens is 2. The third kappa shape index (κ3) is 9.39. The molecule has 0 bridgehead atoms. The maximum Gasteiger partial charge on any atom is 0.191 e. The monoisotopic (exact) mass is 494 g/mol. The largest absolute Gasteiger partial charge is 0.379 e. The van der Waals surface area contributed by atoms with Crippen LogP contribution >= 0.6 is 35.6 Å². The Morgan fingerprint density at radius 3 is 2.69 bits per heavy atom. The van der Waals surface area contributed by atoms with Gasteiger partial charge in [0.25, 0.3) is 0 Å². The molecule has 1 aromatic carbocycles. The summed E-state index contributed by atoms with van der Waals surface area (Å²) in [4.78, 5) is 7.12. The summed E-state index contributed by atoms with van der Waals surface area (Å²) >= 11 is 6.19. The van der Waals surface area contributed by atoms with Crippen LogP contribution in [0, 0.1) is 0 Å². The fraction of sp³-hybridized carbons (Fsp3) is 0.632. The topological polar surface area (TPSA) is 48.9 Å². The number of aliphatic imine (C=N–C) groups is 1. The van der Waals surface area contributed by atoms with Crippen LogP contribution in [0.2, 0.25) is 5.02 Å². The van der Waals surface area contributed by atoms with Crippen LogP contribution in [0.4, 0.5) is 0 Å². The molecule has 1 saturated heterocycles. The number of morpholine rings is 1. The van der Waals surface area contributed by atoms with E-state index in [0.29, 0.717) is 0 Å². The van der Waals surface area contributed by atoms with Crippen molar-refractivity contribution in [3.05, 3.63) is 34.9 Å². The first-order valence-corrected chi connectivity index (χ1v) is 9.73. The Bertz CT molecular complexity index is 524. The molecule has 0 amide bonds. The van der Waals surface area contributed by atoms with Gasteiger partial charge in [0.15, 0.2) is 5.96 Å². The number of benzene rings is 1. The Morgan fingerprint density at radius 1 is 1.19 bits per heavy atom. The molecule has 7 heteroatoms. The van der Waals surface area contributed by atoms with Crippen LogP contribution in [0.1, 0.15) is 25.3 Å². The predicted octanol–water partition coefficient (Wildman–Crippen LogP) is 3.17. The summed E-state index contributed by atoms with van der Waals surface area (Å²) in [5, 5.41) is 7.58. The van der Waals surface area contributed by atoms with E-state index in [1.165, 1.54) is 5.56 Å². The SMILES string of the molecule is CCNC(=NCCCc1ccccc1Cl)NCCCN1CCOCC1.I. The molecule has 148 valence electrons. The quantitative estimate of drug-likeness (QED) is 0.240. The Balaban J connectivity index is 0.00000338.